The van der Waals surface area contributed by atoms with Gasteiger partial charge in [0.1, 0.15) is 11.3 Å². The van der Waals surface area contributed by atoms with Crippen molar-refractivity contribution >= 4 is 34.3 Å². The number of rotatable bonds is 5. The molecule has 6 heteroatoms. The third kappa shape index (κ3) is 5.20. The number of carbonyl (C=O) groups is 1. The van der Waals surface area contributed by atoms with Gasteiger partial charge in [-0.1, -0.05) is 44.5 Å². The second-order valence-electron chi connectivity index (χ2n) is 9.55. The van der Waals surface area contributed by atoms with Gasteiger partial charge in [0.25, 0.3) is 5.91 Å². The van der Waals surface area contributed by atoms with Crippen LogP contribution >= 0.6 is 11.6 Å². The van der Waals surface area contributed by atoms with E-state index in [1.807, 2.05) is 12.1 Å². The topological polar surface area (TPSA) is 64.4 Å². The Morgan fingerprint density at radius 1 is 0.939 bits per heavy atom. The van der Waals surface area contributed by atoms with Crippen LogP contribution in [0.4, 0.5) is 5.69 Å². The van der Waals surface area contributed by atoms with Gasteiger partial charge in [-0.05, 0) is 79.4 Å². The van der Waals surface area contributed by atoms with Crippen LogP contribution in [0, 0.1) is 0 Å². The average molecular weight is 463 g/mol. The van der Waals surface area contributed by atoms with Crippen molar-refractivity contribution in [1.29, 1.82) is 0 Å². The average Bonchev–Trinajstić information content (AvgIpc) is 3.18. The number of halogens is 1. The van der Waals surface area contributed by atoms with Crippen molar-refractivity contribution < 1.29 is 13.9 Å². The summed E-state index contributed by atoms with van der Waals surface area (Å²) in [6.07, 6.45) is 0. The van der Waals surface area contributed by atoms with Gasteiger partial charge in [-0.2, -0.15) is 0 Å². The van der Waals surface area contributed by atoms with Crippen LogP contribution in [0.15, 0.2) is 71.1 Å². The summed E-state index contributed by atoms with van der Waals surface area (Å²) in [4.78, 5) is 17.5. The van der Waals surface area contributed by atoms with Gasteiger partial charge in [-0.25, -0.2) is 4.98 Å². The maximum Gasteiger partial charge on any atom is 0.267 e. The highest BCUT2D eigenvalue weighted by Crippen LogP contribution is 2.29. The summed E-state index contributed by atoms with van der Waals surface area (Å²) in [6, 6.07) is 20.5. The van der Waals surface area contributed by atoms with Gasteiger partial charge in [0.05, 0.1) is 0 Å². The summed E-state index contributed by atoms with van der Waals surface area (Å²) in [6.45, 7) is 9.97. The van der Waals surface area contributed by atoms with Gasteiger partial charge in [-0.3, -0.25) is 4.79 Å². The minimum atomic E-state index is -1.09. The van der Waals surface area contributed by atoms with E-state index in [2.05, 4.69) is 43.2 Å². The number of fused-ring (bicyclic) bond motifs is 1. The molecule has 5 nitrogen and oxygen atoms in total. The first-order valence-electron chi connectivity index (χ1n) is 10.8. The van der Waals surface area contributed by atoms with E-state index in [0.717, 1.165) is 5.56 Å². The second-order valence-corrected chi connectivity index (χ2v) is 9.99. The number of carbonyl (C=O) groups excluding carboxylic acids is 1. The van der Waals surface area contributed by atoms with Crippen LogP contribution in [0.5, 0.6) is 5.75 Å². The molecule has 170 valence electrons. The third-order valence-corrected chi connectivity index (χ3v) is 5.63. The van der Waals surface area contributed by atoms with E-state index in [9.17, 15) is 4.79 Å². The zero-order valence-electron chi connectivity index (χ0n) is 19.4. The molecule has 1 heterocycles. The molecule has 1 amide bonds. The number of hydrogen-bond donors (Lipinski definition) is 1. The van der Waals surface area contributed by atoms with Crippen LogP contribution < -0.4 is 10.1 Å². The highest BCUT2D eigenvalue weighted by molar-refractivity contribution is 6.30. The Morgan fingerprint density at radius 2 is 1.61 bits per heavy atom. The molecule has 3 aromatic carbocycles. The Bertz CT molecular complexity index is 1280. The minimum Gasteiger partial charge on any atom is -0.478 e. The van der Waals surface area contributed by atoms with Gasteiger partial charge < -0.3 is 14.5 Å². The Hall–Kier alpha value is -3.31. The van der Waals surface area contributed by atoms with E-state index in [1.165, 1.54) is 5.56 Å². The Balaban J connectivity index is 1.51. The molecular weight excluding hydrogens is 436 g/mol. The normalized spacial score (nSPS) is 12.1. The van der Waals surface area contributed by atoms with E-state index < -0.39 is 5.60 Å². The van der Waals surface area contributed by atoms with Crippen LogP contribution in [-0.4, -0.2) is 16.5 Å². The number of aromatic nitrogens is 1. The molecular formula is C27H27ClN2O3. The molecule has 0 radical (unpaired) electrons. The fourth-order valence-corrected chi connectivity index (χ4v) is 3.49. The van der Waals surface area contributed by atoms with E-state index in [-0.39, 0.29) is 11.3 Å². The number of hydrogen-bond acceptors (Lipinski definition) is 4. The summed E-state index contributed by atoms with van der Waals surface area (Å²) in [7, 11) is 0. The molecule has 0 fully saturated rings. The third-order valence-electron chi connectivity index (χ3n) is 5.38. The minimum absolute atomic E-state index is 0.0813. The van der Waals surface area contributed by atoms with Crippen LogP contribution in [0.1, 0.15) is 40.2 Å². The van der Waals surface area contributed by atoms with E-state index in [1.54, 1.807) is 56.3 Å². The number of benzene rings is 3. The fourth-order valence-electron chi connectivity index (χ4n) is 3.37. The molecule has 4 aromatic rings. The van der Waals surface area contributed by atoms with Crippen molar-refractivity contribution in [1.82, 2.24) is 4.98 Å². The number of anilines is 1. The molecule has 0 saturated carbocycles. The van der Waals surface area contributed by atoms with Gasteiger partial charge in [-0.15, -0.1) is 0 Å². The largest absolute Gasteiger partial charge is 0.478 e. The van der Waals surface area contributed by atoms with Crippen molar-refractivity contribution in [2.45, 2.75) is 45.6 Å². The lowest BCUT2D eigenvalue weighted by molar-refractivity contribution is -0.128. The molecule has 0 atom stereocenters. The van der Waals surface area contributed by atoms with Crippen LogP contribution in [0.25, 0.3) is 22.6 Å². The molecule has 4 rings (SSSR count). The predicted molar refractivity (Wildman–Crippen MR) is 133 cm³/mol. The number of nitrogens with one attached hydrogen (secondary N) is 1. The lowest BCUT2D eigenvalue weighted by Gasteiger charge is -2.25. The van der Waals surface area contributed by atoms with Crippen LogP contribution in [-0.2, 0) is 10.2 Å². The van der Waals surface area contributed by atoms with E-state index in [4.69, 9.17) is 20.8 Å². The molecule has 0 aliphatic carbocycles. The standard InChI is InChI=1S/C27H27ClN2O3/c1-26(2,3)18-8-6-17(7-9-18)24-30-22-16-20(12-15-23(22)32-24)29-25(31)27(4,5)33-21-13-10-19(28)11-14-21/h6-16H,1-5H3,(H,29,31). The number of amides is 1. The van der Waals surface area contributed by atoms with E-state index >= 15 is 0 Å². The molecule has 0 aliphatic heterocycles. The van der Waals surface area contributed by atoms with Crippen molar-refractivity contribution in [2.75, 3.05) is 5.32 Å². The quantitative estimate of drug-likeness (QED) is 0.339. The van der Waals surface area contributed by atoms with E-state index in [0.29, 0.717) is 33.4 Å². The lowest BCUT2D eigenvalue weighted by Crippen LogP contribution is -2.42. The first-order valence-corrected chi connectivity index (χ1v) is 11.2. The lowest BCUT2D eigenvalue weighted by atomic mass is 9.87. The molecule has 0 aliphatic rings. The maximum atomic E-state index is 12.9. The fraction of sp³-hybridized carbons (Fsp3) is 0.259. The first-order chi connectivity index (χ1) is 15.5. The molecule has 1 N–H and O–H groups in total. The summed E-state index contributed by atoms with van der Waals surface area (Å²) in [5, 5.41) is 3.51. The molecule has 1 aromatic heterocycles. The van der Waals surface area contributed by atoms with Gasteiger partial charge in [0, 0.05) is 16.3 Å². The molecule has 0 bridgehead atoms. The maximum absolute atomic E-state index is 12.9. The van der Waals surface area contributed by atoms with Crippen LogP contribution in [0.2, 0.25) is 5.02 Å². The SMILES string of the molecule is CC(C)(Oc1ccc(Cl)cc1)C(=O)Nc1ccc2oc(-c3ccc(C(C)(C)C)cc3)nc2c1. The highest BCUT2D eigenvalue weighted by Gasteiger charge is 2.30. The molecule has 0 saturated heterocycles. The highest BCUT2D eigenvalue weighted by atomic mass is 35.5. The smallest absolute Gasteiger partial charge is 0.267 e. The number of ether oxygens (including phenoxy) is 1. The zero-order chi connectivity index (χ0) is 23.8. The molecule has 0 spiro atoms. The van der Waals surface area contributed by atoms with Gasteiger partial charge in [0.15, 0.2) is 11.2 Å². The molecule has 33 heavy (non-hydrogen) atoms. The summed E-state index contributed by atoms with van der Waals surface area (Å²) in [5.74, 6) is 0.826. The van der Waals surface area contributed by atoms with Gasteiger partial charge >= 0.3 is 0 Å². The summed E-state index contributed by atoms with van der Waals surface area (Å²) >= 11 is 5.92. The Labute approximate surface area is 198 Å². The molecule has 0 unspecified atom stereocenters. The number of nitrogens with zero attached hydrogens (tertiary/aromatic N) is 1. The predicted octanol–water partition coefficient (Wildman–Crippen LogP) is 7.24. The van der Waals surface area contributed by atoms with Crippen molar-refractivity contribution in [3.63, 3.8) is 0 Å². The van der Waals surface area contributed by atoms with Crippen molar-refractivity contribution in [2.24, 2.45) is 0 Å². The second kappa shape index (κ2) is 8.56. The van der Waals surface area contributed by atoms with Crippen LogP contribution in [0.3, 0.4) is 0 Å². The zero-order valence-corrected chi connectivity index (χ0v) is 20.2. The first kappa shape index (κ1) is 22.9. The van der Waals surface area contributed by atoms with Gasteiger partial charge in [0.2, 0.25) is 5.89 Å². The summed E-state index contributed by atoms with van der Waals surface area (Å²) in [5.41, 5.74) is 3.07. The Kier molecular flexibility index (Phi) is 5.93. The number of oxazole rings is 1. The van der Waals surface area contributed by atoms with Crippen molar-refractivity contribution in [3.8, 4) is 17.2 Å². The van der Waals surface area contributed by atoms with Crippen molar-refractivity contribution in [3.05, 3.63) is 77.3 Å². The summed E-state index contributed by atoms with van der Waals surface area (Å²) < 4.78 is 11.8. The Morgan fingerprint density at radius 3 is 2.24 bits per heavy atom. The monoisotopic (exact) mass is 462 g/mol.